The van der Waals surface area contributed by atoms with E-state index in [2.05, 4.69) is 0 Å². The number of ether oxygens (including phenoxy) is 1. The fourth-order valence-electron chi connectivity index (χ4n) is 1.83. The van der Waals surface area contributed by atoms with Crippen LogP contribution in [-0.4, -0.2) is 7.11 Å². The van der Waals surface area contributed by atoms with Crippen molar-refractivity contribution in [3.63, 3.8) is 0 Å². The van der Waals surface area contributed by atoms with Crippen molar-refractivity contribution in [2.75, 3.05) is 7.11 Å². The van der Waals surface area contributed by atoms with Crippen molar-refractivity contribution in [3.8, 4) is 16.2 Å². The summed E-state index contributed by atoms with van der Waals surface area (Å²) in [5.41, 5.74) is 0.0619. The Morgan fingerprint density at radius 3 is 2.22 bits per heavy atom. The zero-order valence-electron chi connectivity index (χ0n) is 9.84. The normalized spacial score (nSPS) is 11.6. The van der Waals surface area contributed by atoms with Gasteiger partial charge in [0.2, 0.25) is 0 Å². The maximum Gasteiger partial charge on any atom is 0.421 e. The second kappa shape index (κ2) is 4.65. The van der Waals surface area contributed by atoms with Gasteiger partial charge in [0.15, 0.2) is 0 Å². The number of alkyl halides is 3. The van der Waals surface area contributed by atoms with Crippen molar-refractivity contribution < 1.29 is 17.9 Å². The molecule has 0 fully saturated rings. The van der Waals surface area contributed by atoms with Crippen LogP contribution < -0.4 is 4.74 Å². The fourth-order valence-corrected chi connectivity index (χ4v) is 2.98. The summed E-state index contributed by atoms with van der Waals surface area (Å²) in [6.45, 7) is 1.46. The first-order chi connectivity index (χ1) is 8.45. The molecular weight excluding hydrogens is 261 g/mol. The van der Waals surface area contributed by atoms with E-state index in [1.54, 1.807) is 24.3 Å². The average molecular weight is 272 g/mol. The van der Waals surface area contributed by atoms with Gasteiger partial charge in [-0.15, -0.1) is 11.3 Å². The van der Waals surface area contributed by atoms with Gasteiger partial charge in [-0.05, 0) is 12.5 Å². The predicted molar refractivity (Wildman–Crippen MR) is 66.0 cm³/mol. The maximum absolute atomic E-state index is 13.0. The lowest BCUT2D eigenvalue weighted by atomic mass is 10.1. The molecule has 0 aliphatic rings. The number of benzene rings is 1. The van der Waals surface area contributed by atoms with E-state index in [-0.39, 0.29) is 10.6 Å². The van der Waals surface area contributed by atoms with Crippen molar-refractivity contribution in [2.24, 2.45) is 0 Å². The van der Waals surface area contributed by atoms with E-state index >= 15 is 0 Å². The monoisotopic (exact) mass is 272 g/mol. The summed E-state index contributed by atoms with van der Waals surface area (Å²) in [4.78, 5) is 0.737. The topological polar surface area (TPSA) is 9.23 Å². The van der Waals surface area contributed by atoms with Gasteiger partial charge in [-0.3, -0.25) is 0 Å². The molecule has 1 aromatic carbocycles. The third-order valence-corrected chi connectivity index (χ3v) is 3.70. The molecule has 0 aliphatic heterocycles. The van der Waals surface area contributed by atoms with Gasteiger partial charge >= 0.3 is 6.18 Å². The Bertz CT molecular complexity index is 543. The van der Waals surface area contributed by atoms with Crippen LogP contribution in [0.2, 0.25) is 0 Å². The van der Waals surface area contributed by atoms with Gasteiger partial charge in [-0.1, -0.05) is 30.3 Å². The summed E-state index contributed by atoms with van der Waals surface area (Å²) >= 11 is 1.10. The van der Waals surface area contributed by atoms with Crippen LogP contribution in [0.1, 0.15) is 10.4 Å². The van der Waals surface area contributed by atoms with E-state index in [0.29, 0.717) is 4.88 Å². The summed E-state index contributed by atoms with van der Waals surface area (Å²) in [7, 11) is 1.27. The van der Waals surface area contributed by atoms with Crippen LogP contribution >= 0.6 is 11.3 Å². The van der Waals surface area contributed by atoms with Gasteiger partial charge in [0.25, 0.3) is 0 Å². The van der Waals surface area contributed by atoms with Crippen LogP contribution in [0.15, 0.2) is 30.3 Å². The molecule has 0 unspecified atom stereocenters. The Hall–Kier alpha value is -1.49. The van der Waals surface area contributed by atoms with Crippen LogP contribution in [0.5, 0.6) is 5.75 Å². The van der Waals surface area contributed by atoms with E-state index in [1.165, 1.54) is 14.0 Å². The van der Waals surface area contributed by atoms with Gasteiger partial charge < -0.3 is 4.74 Å². The summed E-state index contributed by atoms with van der Waals surface area (Å²) in [5, 5.41) is 0. The van der Waals surface area contributed by atoms with Crippen molar-refractivity contribution in [3.05, 3.63) is 40.8 Å². The Kier molecular flexibility index (Phi) is 3.34. The molecule has 0 saturated carbocycles. The second-order valence-electron chi connectivity index (χ2n) is 3.76. The molecule has 0 N–H and O–H groups in total. The van der Waals surface area contributed by atoms with Crippen LogP contribution in [0.3, 0.4) is 0 Å². The molecule has 0 spiro atoms. The third kappa shape index (κ3) is 2.22. The molecule has 0 saturated heterocycles. The van der Waals surface area contributed by atoms with Gasteiger partial charge in [-0.25, -0.2) is 0 Å². The molecule has 1 heterocycles. The number of rotatable bonds is 2. The molecular formula is C13H11F3OS. The van der Waals surface area contributed by atoms with E-state index in [0.717, 1.165) is 16.9 Å². The fraction of sp³-hybridized carbons (Fsp3) is 0.231. The van der Waals surface area contributed by atoms with Gasteiger partial charge in [-0.2, -0.15) is 13.2 Å². The quantitative estimate of drug-likeness (QED) is 0.766. The van der Waals surface area contributed by atoms with Crippen molar-refractivity contribution in [1.82, 2.24) is 0 Å². The molecule has 5 heteroatoms. The zero-order valence-corrected chi connectivity index (χ0v) is 10.7. The summed E-state index contributed by atoms with van der Waals surface area (Å²) in [6.07, 6.45) is -4.39. The molecule has 0 amide bonds. The SMILES string of the molecule is COc1c(-c2ccccc2)sc(C)c1C(F)(F)F. The number of hydrogen-bond acceptors (Lipinski definition) is 2. The Morgan fingerprint density at radius 2 is 1.72 bits per heavy atom. The highest BCUT2D eigenvalue weighted by Crippen LogP contribution is 2.49. The number of thiophene rings is 1. The predicted octanol–water partition coefficient (Wildman–Crippen LogP) is 4.75. The van der Waals surface area contributed by atoms with Crippen LogP contribution in [0.25, 0.3) is 10.4 Å². The average Bonchev–Trinajstić information content (AvgIpc) is 2.67. The van der Waals surface area contributed by atoms with Crippen molar-refractivity contribution >= 4 is 11.3 Å². The minimum atomic E-state index is -4.39. The van der Waals surface area contributed by atoms with Crippen LogP contribution in [0.4, 0.5) is 13.2 Å². The lowest BCUT2D eigenvalue weighted by molar-refractivity contribution is -0.138. The van der Waals surface area contributed by atoms with E-state index in [9.17, 15) is 13.2 Å². The molecule has 96 valence electrons. The Labute approximate surface area is 107 Å². The first kappa shape index (κ1) is 13.0. The summed E-state index contributed by atoms with van der Waals surface area (Å²) in [5.74, 6) is -0.0869. The maximum atomic E-state index is 13.0. The molecule has 18 heavy (non-hydrogen) atoms. The third-order valence-electron chi connectivity index (χ3n) is 2.56. The van der Waals surface area contributed by atoms with E-state index in [4.69, 9.17) is 4.74 Å². The van der Waals surface area contributed by atoms with E-state index < -0.39 is 11.7 Å². The number of halogens is 3. The highest BCUT2D eigenvalue weighted by molar-refractivity contribution is 7.16. The molecule has 2 aromatic rings. The Morgan fingerprint density at radius 1 is 1.11 bits per heavy atom. The molecule has 1 aromatic heterocycles. The first-order valence-corrected chi connectivity index (χ1v) is 6.06. The van der Waals surface area contributed by atoms with Crippen LogP contribution in [-0.2, 0) is 6.18 Å². The zero-order chi connectivity index (χ0) is 13.3. The Balaban J connectivity index is 2.65. The standard InChI is InChI=1S/C13H11F3OS/c1-8-10(13(14,15)16)11(17-2)12(18-8)9-6-4-3-5-7-9/h3-7H,1-2H3. The highest BCUT2D eigenvalue weighted by Gasteiger charge is 2.39. The van der Waals surface area contributed by atoms with Crippen LogP contribution in [0, 0.1) is 6.92 Å². The minimum absolute atomic E-state index is 0.0869. The summed E-state index contributed by atoms with van der Waals surface area (Å²) < 4.78 is 43.8. The molecule has 2 rings (SSSR count). The molecule has 0 radical (unpaired) electrons. The smallest absolute Gasteiger partial charge is 0.421 e. The van der Waals surface area contributed by atoms with Gasteiger partial charge in [0.05, 0.1) is 12.0 Å². The number of hydrogen-bond donors (Lipinski definition) is 0. The molecule has 1 nitrogen and oxygen atoms in total. The van der Waals surface area contributed by atoms with Crippen molar-refractivity contribution in [1.29, 1.82) is 0 Å². The largest absolute Gasteiger partial charge is 0.495 e. The molecule has 0 bridgehead atoms. The number of methoxy groups -OCH3 is 1. The molecule has 0 atom stereocenters. The number of aryl methyl sites for hydroxylation is 1. The lowest BCUT2D eigenvalue weighted by Gasteiger charge is -2.09. The first-order valence-electron chi connectivity index (χ1n) is 5.25. The summed E-state index contributed by atoms with van der Waals surface area (Å²) in [6, 6.07) is 8.94. The minimum Gasteiger partial charge on any atom is -0.495 e. The second-order valence-corrected chi connectivity index (χ2v) is 4.98. The van der Waals surface area contributed by atoms with Crippen molar-refractivity contribution in [2.45, 2.75) is 13.1 Å². The highest BCUT2D eigenvalue weighted by atomic mass is 32.1. The lowest BCUT2D eigenvalue weighted by Crippen LogP contribution is -2.07. The van der Waals surface area contributed by atoms with Gasteiger partial charge in [0, 0.05) is 4.88 Å². The van der Waals surface area contributed by atoms with Gasteiger partial charge in [0.1, 0.15) is 11.3 Å². The van der Waals surface area contributed by atoms with E-state index in [1.807, 2.05) is 6.07 Å². The molecule has 0 aliphatic carbocycles.